The fourth-order valence-corrected chi connectivity index (χ4v) is 2.16. The van der Waals surface area contributed by atoms with E-state index in [4.69, 9.17) is 4.74 Å². The van der Waals surface area contributed by atoms with Crippen molar-refractivity contribution < 1.29 is 9.53 Å². The van der Waals surface area contributed by atoms with Gasteiger partial charge in [-0.3, -0.25) is 4.79 Å². The Hall–Kier alpha value is -0.650. The van der Waals surface area contributed by atoms with Gasteiger partial charge in [0.25, 0.3) is 0 Å². The first-order chi connectivity index (χ1) is 9.52. The van der Waals surface area contributed by atoms with Gasteiger partial charge in [0.05, 0.1) is 6.61 Å². The maximum atomic E-state index is 11.9. The summed E-state index contributed by atoms with van der Waals surface area (Å²) in [6.07, 6.45) is 4.36. The second-order valence-electron chi connectivity index (χ2n) is 5.99. The van der Waals surface area contributed by atoms with Gasteiger partial charge in [0.15, 0.2) is 0 Å². The average molecular weight is 285 g/mol. The minimum Gasteiger partial charge on any atom is -0.465 e. The molecule has 0 amide bonds. The van der Waals surface area contributed by atoms with Crippen LogP contribution in [0.25, 0.3) is 0 Å². The van der Waals surface area contributed by atoms with Gasteiger partial charge in [-0.2, -0.15) is 0 Å². The van der Waals surface area contributed by atoms with E-state index >= 15 is 0 Å². The van der Waals surface area contributed by atoms with Gasteiger partial charge in [-0.15, -0.1) is 0 Å². The molecule has 0 saturated heterocycles. The Morgan fingerprint density at radius 1 is 1.25 bits per heavy atom. The SMILES string of the molecule is CCOC(=O)C(CCN(C)CCCN(C)C)NC1CC1. The molecule has 1 unspecified atom stereocenters. The minimum absolute atomic E-state index is 0.0962. The first-order valence-electron chi connectivity index (χ1n) is 7.79. The predicted octanol–water partition coefficient (Wildman–Crippen LogP) is 0.944. The first-order valence-corrected chi connectivity index (χ1v) is 7.79. The van der Waals surface area contributed by atoms with Gasteiger partial charge in [0, 0.05) is 6.04 Å². The Labute approximate surface area is 123 Å². The quantitative estimate of drug-likeness (QED) is 0.573. The highest BCUT2D eigenvalue weighted by atomic mass is 16.5. The minimum atomic E-state index is -0.140. The van der Waals surface area contributed by atoms with Crippen LogP contribution in [0.4, 0.5) is 0 Å². The molecule has 0 aromatic carbocycles. The number of rotatable bonds is 11. The van der Waals surface area contributed by atoms with Crippen molar-refractivity contribution in [2.45, 2.75) is 44.7 Å². The van der Waals surface area contributed by atoms with Gasteiger partial charge in [-0.25, -0.2) is 0 Å². The Kier molecular flexibility index (Phi) is 8.11. The van der Waals surface area contributed by atoms with Gasteiger partial charge < -0.3 is 19.9 Å². The fraction of sp³-hybridized carbons (Fsp3) is 0.933. The maximum absolute atomic E-state index is 11.9. The number of esters is 1. The molecule has 5 nitrogen and oxygen atoms in total. The fourth-order valence-electron chi connectivity index (χ4n) is 2.16. The van der Waals surface area contributed by atoms with Crippen LogP contribution in [-0.2, 0) is 9.53 Å². The van der Waals surface area contributed by atoms with E-state index in [9.17, 15) is 4.79 Å². The highest BCUT2D eigenvalue weighted by molar-refractivity contribution is 5.75. The van der Waals surface area contributed by atoms with E-state index < -0.39 is 0 Å². The molecular weight excluding hydrogens is 254 g/mol. The van der Waals surface area contributed by atoms with Crippen LogP contribution in [-0.4, -0.2) is 75.2 Å². The third-order valence-electron chi connectivity index (χ3n) is 3.53. The second-order valence-corrected chi connectivity index (χ2v) is 5.99. The third-order valence-corrected chi connectivity index (χ3v) is 3.53. The van der Waals surface area contributed by atoms with Crippen LogP contribution in [0.2, 0.25) is 0 Å². The van der Waals surface area contributed by atoms with Crippen molar-refractivity contribution in [1.82, 2.24) is 15.1 Å². The van der Waals surface area contributed by atoms with Crippen molar-refractivity contribution >= 4 is 5.97 Å². The lowest BCUT2D eigenvalue weighted by atomic mass is 10.2. The lowest BCUT2D eigenvalue weighted by molar-refractivity contribution is -0.146. The molecule has 0 aliphatic heterocycles. The van der Waals surface area contributed by atoms with E-state index in [2.05, 4.69) is 36.3 Å². The van der Waals surface area contributed by atoms with Gasteiger partial charge in [-0.1, -0.05) is 0 Å². The Bertz CT molecular complexity index is 280. The van der Waals surface area contributed by atoms with Gasteiger partial charge in [0.1, 0.15) is 6.04 Å². The Morgan fingerprint density at radius 3 is 2.50 bits per heavy atom. The number of nitrogens with zero attached hydrogens (tertiary/aromatic N) is 2. The van der Waals surface area contributed by atoms with Crippen LogP contribution in [0.3, 0.4) is 0 Å². The number of hydrogen-bond donors (Lipinski definition) is 1. The molecule has 0 heterocycles. The van der Waals surface area contributed by atoms with Crippen LogP contribution >= 0.6 is 0 Å². The predicted molar refractivity (Wildman–Crippen MR) is 81.9 cm³/mol. The number of carbonyl (C=O) groups is 1. The van der Waals surface area contributed by atoms with Crippen LogP contribution in [0.5, 0.6) is 0 Å². The van der Waals surface area contributed by atoms with Crippen LogP contribution in [0, 0.1) is 0 Å². The van der Waals surface area contributed by atoms with E-state index in [1.165, 1.54) is 12.8 Å². The summed E-state index contributed by atoms with van der Waals surface area (Å²) < 4.78 is 5.15. The maximum Gasteiger partial charge on any atom is 0.323 e. The highest BCUT2D eigenvalue weighted by Gasteiger charge is 2.29. The van der Waals surface area contributed by atoms with Crippen LogP contribution in [0.15, 0.2) is 0 Å². The Morgan fingerprint density at radius 2 is 1.95 bits per heavy atom. The molecule has 1 N–H and O–H groups in total. The molecule has 118 valence electrons. The van der Waals surface area contributed by atoms with E-state index in [1.807, 2.05) is 6.92 Å². The summed E-state index contributed by atoms with van der Waals surface area (Å²) in [6, 6.07) is 0.391. The molecule has 1 saturated carbocycles. The zero-order valence-electron chi connectivity index (χ0n) is 13.5. The number of carbonyl (C=O) groups excluding carboxylic acids is 1. The summed E-state index contributed by atoms with van der Waals surface area (Å²) >= 11 is 0. The number of hydrogen-bond acceptors (Lipinski definition) is 5. The summed E-state index contributed by atoms with van der Waals surface area (Å²) in [5.74, 6) is -0.0962. The lowest BCUT2D eigenvalue weighted by Gasteiger charge is -2.22. The summed E-state index contributed by atoms with van der Waals surface area (Å²) in [7, 11) is 6.31. The summed E-state index contributed by atoms with van der Waals surface area (Å²) in [6.45, 7) is 5.42. The zero-order chi connectivity index (χ0) is 15.0. The molecule has 1 atom stereocenters. The van der Waals surface area contributed by atoms with Crippen molar-refractivity contribution in [2.24, 2.45) is 0 Å². The number of nitrogens with one attached hydrogen (secondary N) is 1. The normalized spacial score (nSPS) is 16.7. The standard InChI is InChI=1S/C15H31N3O2/c1-5-20-15(19)14(16-13-7-8-13)9-12-18(4)11-6-10-17(2)3/h13-14,16H,5-12H2,1-4H3. The molecule has 1 rings (SSSR count). The average Bonchev–Trinajstić information content (AvgIpc) is 3.18. The first kappa shape index (κ1) is 17.4. The molecular formula is C15H31N3O2. The van der Waals surface area contributed by atoms with Gasteiger partial charge >= 0.3 is 5.97 Å². The topological polar surface area (TPSA) is 44.8 Å². The van der Waals surface area contributed by atoms with Crippen LogP contribution < -0.4 is 5.32 Å². The lowest BCUT2D eigenvalue weighted by Crippen LogP contribution is -2.41. The molecule has 1 fully saturated rings. The van der Waals surface area contributed by atoms with Crippen molar-refractivity contribution in [2.75, 3.05) is 47.4 Å². The zero-order valence-corrected chi connectivity index (χ0v) is 13.5. The van der Waals surface area contributed by atoms with Crippen molar-refractivity contribution in [3.05, 3.63) is 0 Å². The second kappa shape index (κ2) is 9.32. The molecule has 1 aliphatic rings. The van der Waals surface area contributed by atoms with Crippen molar-refractivity contribution in [3.8, 4) is 0 Å². The molecule has 5 heteroatoms. The van der Waals surface area contributed by atoms with E-state index in [0.29, 0.717) is 12.6 Å². The van der Waals surface area contributed by atoms with E-state index in [1.54, 1.807) is 0 Å². The number of ether oxygens (including phenoxy) is 1. The molecule has 0 aromatic rings. The molecule has 0 spiro atoms. The van der Waals surface area contributed by atoms with E-state index in [-0.39, 0.29) is 12.0 Å². The molecule has 0 radical (unpaired) electrons. The van der Waals surface area contributed by atoms with Gasteiger partial charge in [0.2, 0.25) is 0 Å². The Balaban J connectivity index is 2.23. The smallest absolute Gasteiger partial charge is 0.323 e. The van der Waals surface area contributed by atoms with E-state index in [0.717, 1.165) is 32.5 Å². The molecule has 0 bridgehead atoms. The summed E-state index contributed by atoms with van der Waals surface area (Å²) in [4.78, 5) is 16.4. The van der Waals surface area contributed by atoms with Crippen LogP contribution in [0.1, 0.15) is 32.6 Å². The molecule has 20 heavy (non-hydrogen) atoms. The summed E-state index contributed by atoms with van der Waals surface area (Å²) in [5.41, 5.74) is 0. The van der Waals surface area contributed by atoms with Gasteiger partial charge in [-0.05, 0) is 73.4 Å². The monoisotopic (exact) mass is 285 g/mol. The molecule has 1 aliphatic carbocycles. The summed E-state index contributed by atoms with van der Waals surface area (Å²) in [5, 5.41) is 3.40. The largest absolute Gasteiger partial charge is 0.465 e. The van der Waals surface area contributed by atoms with Crippen molar-refractivity contribution in [1.29, 1.82) is 0 Å². The molecule has 0 aromatic heterocycles. The highest BCUT2D eigenvalue weighted by Crippen LogP contribution is 2.20. The van der Waals surface area contributed by atoms with Crippen molar-refractivity contribution in [3.63, 3.8) is 0 Å². The third kappa shape index (κ3) is 7.82.